The molecule has 0 saturated heterocycles. The molecule has 0 bridgehead atoms. The van der Waals surface area contributed by atoms with Crippen LogP contribution in [0.15, 0.2) is 0 Å². The van der Waals surface area contributed by atoms with E-state index in [4.69, 9.17) is 0 Å². The molecule has 0 aromatic rings. The normalized spacial score (nSPS) is 15.8. The molecule has 0 aliphatic carbocycles. The second kappa shape index (κ2) is 7.00. The molecule has 2 unspecified atom stereocenters. The third kappa shape index (κ3) is 7.37. The highest BCUT2D eigenvalue weighted by Crippen LogP contribution is 2.27. The minimum Gasteiger partial charge on any atom is -0.393 e. The molecule has 3 heteroatoms. The first-order valence-electron chi connectivity index (χ1n) is 6.59. The molecule has 17 heavy (non-hydrogen) atoms. The molecule has 2 N–H and O–H groups in total. The van der Waals surface area contributed by atoms with E-state index in [9.17, 15) is 9.90 Å². The van der Waals surface area contributed by atoms with Gasteiger partial charge in [0.25, 0.3) is 0 Å². The third-order valence-corrected chi connectivity index (χ3v) is 3.50. The van der Waals surface area contributed by atoms with Crippen LogP contribution in [0.5, 0.6) is 0 Å². The smallest absolute Gasteiger partial charge is 0.220 e. The summed E-state index contributed by atoms with van der Waals surface area (Å²) in [4.78, 5) is 11.7. The molecule has 0 radical (unpaired) electrons. The summed E-state index contributed by atoms with van der Waals surface area (Å²) in [7, 11) is 0. The largest absolute Gasteiger partial charge is 0.393 e. The second-order valence-corrected chi connectivity index (χ2v) is 6.42. The molecule has 2 atom stereocenters. The minimum atomic E-state index is -0.324. The number of amides is 1. The molecule has 0 aromatic carbocycles. The van der Waals surface area contributed by atoms with Crippen LogP contribution in [0.3, 0.4) is 0 Å². The molecule has 0 heterocycles. The van der Waals surface area contributed by atoms with Crippen LogP contribution in [0.4, 0.5) is 0 Å². The Morgan fingerprint density at radius 1 is 1.24 bits per heavy atom. The maximum absolute atomic E-state index is 11.7. The van der Waals surface area contributed by atoms with E-state index in [1.54, 1.807) is 0 Å². The average Bonchev–Trinajstić information content (AvgIpc) is 2.15. The van der Waals surface area contributed by atoms with Gasteiger partial charge in [0.1, 0.15) is 0 Å². The summed E-state index contributed by atoms with van der Waals surface area (Å²) in [6.45, 7) is 13.1. The van der Waals surface area contributed by atoms with Gasteiger partial charge in [-0.2, -0.15) is 0 Å². The number of hydrogen-bond donors (Lipinski definition) is 2. The molecule has 102 valence electrons. The van der Waals surface area contributed by atoms with Crippen LogP contribution < -0.4 is 5.32 Å². The summed E-state index contributed by atoms with van der Waals surface area (Å²) < 4.78 is 0. The summed E-state index contributed by atoms with van der Waals surface area (Å²) >= 11 is 0. The van der Waals surface area contributed by atoms with Crippen molar-refractivity contribution in [3.05, 3.63) is 0 Å². The number of hydrogen-bond acceptors (Lipinski definition) is 2. The molecule has 0 fully saturated rings. The van der Waals surface area contributed by atoms with Crippen molar-refractivity contribution in [3.63, 3.8) is 0 Å². The Labute approximate surface area is 106 Å². The molecule has 0 aromatic heterocycles. The van der Waals surface area contributed by atoms with Crippen LogP contribution in [-0.2, 0) is 4.79 Å². The second-order valence-electron chi connectivity index (χ2n) is 6.42. The lowest BCUT2D eigenvalue weighted by Crippen LogP contribution is -2.31. The van der Waals surface area contributed by atoms with E-state index >= 15 is 0 Å². The van der Waals surface area contributed by atoms with Gasteiger partial charge in [0.2, 0.25) is 5.91 Å². The van der Waals surface area contributed by atoms with Crippen LogP contribution in [0.25, 0.3) is 0 Å². The van der Waals surface area contributed by atoms with Gasteiger partial charge in [-0.1, -0.05) is 41.5 Å². The van der Waals surface area contributed by atoms with Crippen LogP contribution >= 0.6 is 0 Å². The molecule has 0 spiro atoms. The van der Waals surface area contributed by atoms with Crippen molar-refractivity contribution in [1.29, 1.82) is 0 Å². The van der Waals surface area contributed by atoms with Crippen molar-refractivity contribution in [1.82, 2.24) is 5.32 Å². The molecule has 0 aliphatic heterocycles. The van der Waals surface area contributed by atoms with Crippen LogP contribution in [0.2, 0.25) is 0 Å². The van der Waals surface area contributed by atoms with Gasteiger partial charge in [0.15, 0.2) is 0 Å². The van der Waals surface area contributed by atoms with E-state index in [0.29, 0.717) is 25.3 Å². The molecular weight excluding hydrogens is 214 g/mol. The predicted octanol–water partition coefficient (Wildman–Crippen LogP) is 2.58. The van der Waals surface area contributed by atoms with Gasteiger partial charge in [-0.3, -0.25) is 4.79 Å². The van der Waals surface area contributed by atoms with Crippen molar-refractivity contribution >= 4 is 5.91 Å². The van der Waals surface area contributed by atoms with Crippen molar-refractivity contribution in [2.24, 2.45) is 17.3 Å². The zero-order valence-corrected chi connectivity index (χ0v) is 12.2. The first kappa shape index (κ1) is 16.4. The Morgan fingerprint density at radius 3 is 2.18 bits per heavy atom. The van der Waals surface area contributed by atoms with E-state index < -0.39 is 0 Å². The summed E-state index contributed by atoms with van der Waals surface area (Å²) in [6.07, 6.45) is 0.865. The number of aliphatic hydroxyl groups excluding tert-OH is 1. The standard InChI is InChI=1S/C14H29NO2/c1-10(2)12(16)7-8-15-13(17)9-11(3)14(4,5)6/h10-12,16H,7-9H2,1-6H3,(H,15,17). The summed E-state index contributed by atoms with van der Waals surface area (Å²) in [5.74, 6) is 0.696. The van der Waals surface area contributed by atoms with Gasteiger partial charge in [-0.05, 0) is 23.7 Å². The third-order valence-electron chi connectivity index (χ3n) is 3.50. The first-order valence-corrected chi connectivity index (χ1v) is 6.59. The highest BCUT2D eigenvalue weighted by atomic mass is 16.3. The lowest BCUT2D eigenvalue weighted by Gasteiger charge is -2.26. The Morgan fingerprint density at radius 2 is 1.76 bits per heavy atom. The summed E-state index contributed by atoms with van der Waals surface area (Å²) in [6, 6.07) is 0. The Hall–Kier alpha value is -0.570. The van der Waals surface area contributed by atoms with E-state index in [1.165, 1.54) is 0 Å². The van der Waals surface area contributed by atoms with Gasteiger partial charge in [0.05, 0.1) is 6.10 Å². The van der Waals surface area contributed by atoms with E-state index in [1.807, 2.05) is 13.8 Å². The van der Waals surface area contributed by atoms with E-state index in [2.05, 4.69) is 33.0 Å². The molecular formula is C14H29NO2. The van der Waals surface area contributed by atoms with Gasteiger partial charge < -0.3 is 10.4 Å². The predicted molar refractivity (Wildman–Crippen MR) is 71.7 cm³/mol. The lowest BCUT2D eigenvalue weighted by molar-refractivity contribution is -0.122. The Bertz CT molecular complexity index is 231. The van der Waals surface area contributed by atoms with Crippen molar-refractivity contribution in [2.45, 2.75) is 60.5 Å². The van der Waals surface area contributed by atoms with Gasteiger partial charge in [0, 0.05) is 13.0 Å². The maximum atomic E-state index is 11.7. The lowest BCUT2D eigenvalue weighted by atomic mass is 9.80. The van der Waals surface area contributed by atoms with Crippen molar-refractivity contribution < 1.29 is 9.90 Å². The van der Waals surface area contributed by atoms with Gasteiger partial charge in [-0.15, -0.1) is 0 Å². The molecule has 0 saturated carbocycles. The number of rotatable bonds is 6. The van der Waals surface area contributed by atoms with E-state index in [0.717, 1.165) is 0 Å². The van der Waals surface area contributed by atoms with Crippen molar-refractivity contribution in [3.8, 4) is 0 Å². The van der Waals surface area contributed by atoms with Crippen LogP contribution in [0, 0.1) is 17.3 Å². The maximum Gasteiger partial charge on any atom is 0.220 e. The summed E-state index contributed by atoms with van der Waals surface area (Å²) in [5, 5.41) is 12.5. The molecule has 3 nitrogen and oxygen atoms in total. The topological polar surface area (TPSA) is 49.3 Å². The number of carbonyl (C=O) groups is 1. The number of aliphatic hydroxyl groups is 1. The zero-order valence-electron chi connectivity index (χ0n) is 12.2. The monoisotopic (exact) mass is 243 g/mol. The SMILES string of the molecule is CC(C)C(O)CCNC(=O)CC(C)C(C)(C)C. The number of carbonyl (C=O) groups excluding carboxylic acids is 1. The molecule has 0 rings (SSSR count). The summed E-state index contributed by atoms with van der Waals surface area (Å²) in [5.41, 5.74) is 0.161. The average molecular weight is 243 g/mol. The highest BCUT2D eigenvalue weighted by molar-refractivity contribution is 5.76. The molecule has 0 aliphatic rings. The van der Waals surface area contributed by atoms with Crippen molar-refractivity contribution in [2.75, 3.05) is 6.54 Å². The Balaban J connectivity index is 3.82. The fourth-order valence-electron chi connectivity index (χ4n) is 1.35. The fourth-order valence-corrected chi connectivity index (χ4v) is 1.35. The minimum absolute atomic E-state index is 0.0865. The zero-order chi connectivity index (χ0) is 13.6. The van der Waals surface area contributed by atoms with Gasteiger partial charge in [-0.25, -0.2) is 0 Å². The first-order chi connectivity index (χ1) is 7.64. The highest BCUT2D eigenvalue weighted by Gasteiger charge is 2.22. The van der Waals surface area contributed by atoms with Gasteiger partial charge >= 0.3 is 0 Å². The fraction of sp³-hybridized carbons (Fsp3) is 0.929. The van der Waals surface area contributed by atoms with Crippen LogP contribution in [-0.4, -0.2) is 23.7 Å². The van der Waals surface area contributed by atoms with E-state index in [-0.39, 0.29) is 23.3 Å². The van der Waals surface area contributed by atoms with Crippen LogP contribution in [0.1, 0.15) is 54.4 Å². The number of nitrogens with one attached hydrogen (secondary N) is 1. The molecule has 1 amide bonds. The quantitative estimate of drug-likeness (QED) is 0.753. The Kier molecular flexibility index (Phi) is 6.76.